The smallest absolute Gasteiger partial charge is 0.337 e. The van der Waals surface area contributed by atoms with Gasteiger partial charge in [-0.1, -0.05) is 61.9 Å². The van der Waals surface area contributed by atoms with E-state index in [2.05, 4.69) is 24.4 Å². The minimum Gasteiger partial charge on any atom is -0.493 e. The van der Waals surface area contributed by atoms with Gasteiger partial charge in [-0.3, -0.25) is 4.79 Å². The van der Waals surface area contributed by atoms with Crippen LogP contribution in [0.4, 0.5) is 0 Å². The molecule has 0 amide bonds. The number of hydrogen-bond donors (Lipinski definition) is 1. The lowest BCUT2D eigenvalue weighted by Crippen LogP contribution is -2.37. The highest BCUT2D eigenvalue weighted by Gasteiger charge is 2.42. The van der Waals surface area contributed by atoms with E-state index in [-0.39, 0.29) is 23.8 Å². The highest BCUT2D eigenvalue weighted by Crippen LogP contribution is 2.48. The summed E-state index contributed by atoms with van der Waals surface area (Å²) < 4.78 is 12.2. The zero-order chi connectivity index (χ0) is 25.8. The molecule has 1 heterocycles. The number of hydrogen-bond acceptors (Lipinski definition) is 5. The highest BCUT2D eigenvalue weighted by molar-refractivity contribution is 6.04. The molecule has 2 aliphatic carbocycles. The molecule has 1 N–H and O–H groups in total. The van der Waals surface area contributed by atoms with Crippen molar-refractivity contribution in [1.29, 1.82) is 0 Å². The second-order valence-corrected chi connectivity index (χ2v) is 10.5. The molecule has 2 aromatic carbocycles. The maximum absolute atomic E-state index is 13.9. The minimum atomic E-state index is -0.510. The molecular weight excluding hydrogens is 462 g/mol. The van der Waals surface area contributed by atoms with Crippen LogP contribution < -0.4 is 10.1 Å². The first-order valence-electron chi connectivity index (χ1n) is 13.8. The van der Waals surface area contributed by atoms with Gasteiger partial charge in [0.25, 0.3) is 0 Å². The summed E-state index contributed by atoms with van der Waals surface area (Å²) in [6.07, 6.45) is 7.11. The average Bonchev–Trinajstić information content (AvgIpc) is 2.92. The van der Waals surface area contributed by atoms with Crippen molar-refractivity contribution in [1.82, 2.24) is 5.32 Å². The Morgan fingerprint density at radius 2 is 1.70 bits per heavy atom. The largest absolute Gasteiger partial charge is 0.493 e. The van der Waals surface area contributed by atoms with Gasteiger partial charge >= 0.3 is 5.97 Å². The first-order chi connectivity index (χ1) is 18.1. The summed E-state index contributed by atoms with van der Waals surface area (Å²) in [7, 11) is 0. The molecular formula is C32H37NO4. The van der Waals surface area contributed by atoms with E-state index < -0.39 is 5.92 Å². The van der Waals surface area contributed by atoms with Gasteiger partial charge in [0, 0.05) is 29.0 Å². The van der Waals surface area contributed by atoms with E-state index in [1.165, 1.54) is 6.42 Å². The zero-order valence-corrected chi connectivity index (χ0v) is 21.9. The topological polar surface area (TPSA) is 64.6 Å². The Bertz CT molecular complexity index is 1210. The van der Waals surface area contributed by atoms with Gasteiger partial charge in [-0.15, -0.1) is 0 Å². The van der Waals surface area contributed by atoms with Crippen LogP contribution in [-0.4, -0.2) is 24.5 Å². The Morgan fingerprint density at radius 1 is 0.973 bits per heavy atom. The van der Waals surface area contributed by atoms with Crippen molar-refractivity contribution in [3.05, 3.63) is 88.3 Å². The maximum Gasteiger partial charge on any atom is 0.337 e. The minimum absolute atomic E-state index is 0.0614. The Balaban J connectivity index is 1.56. The number of ketones is 1. The Labute approximate surface area is 219 Å². The summed E-state index contributed by atoms with van der Waals surface area (Å²) in [4.78, 5) is 27.6. The summed E-state index contributed by atoms with van der Waals surface area (Å²) in [5.41, 5.74) is 4.90. The SMILES string of the molecule is CCCOc1ccccc1[C@H]1C(C(=O)OC2CCCCC2)=C(C)NC2=C1C(=O)C[C@@H](c1ccccc1)C2. The maximum atomic E-state index is 13.9. The predicted molar refractivity (Wildman–Crippen MR) is 144 cm³/mol. The first kappa shape index (κ1) is 25.3. The van der Waals surface area contributed by atoms with Crippen molar-refractivity contribution in [2.45, 2.75) is 83.2 Å². The Kier molecular flexibility index (Phi) is 7.78. The van der Waals surface area contributed by atoms with Gasteiger partial charge < -0.3 is 14.8 Å². The molecule has 5 heteroatoms. The molecule has 0 radical (unpaired) electrons. The number of benzene rings is 2. The lowest BCUT2D eigenvalue weighted by Gasteiger charge is -2.37. The fourth-order valence-corrected chi connectivity index (χ4v) is 6.04. The van der Waals surface area contributed by atoms with Crippen LogP contribution in [0.2, 0.25) is 0 Å². The van der Waals surface area contributed by atoms with Crippen molar-refractivity contribution in [2.24, 2.45) is 0 Å². The van der Waals surface area contributed by atoms with Crippen LogP contribution in [0.25, 0.3) is 0 Å². The number of para-hydroxylation sites is 1. The van der Waals surface area contributed by atoms with Crippen molar-refractivity contribution in [3.8, 4) is 5.75 Å². The Hall–Kier alpha value is -3.34. The summed E-state index contributed by atoms with van der Waals surface area (Å²) >= 11 is 0. The number of rotatable bonds is 7. The van der Waals surface area contributed by atoms with Gasteiger partial charge in [0.05, 0.1) is 18.1 Å². The van der Waals surface area contributed by atoms with E-state index >= 15 is 0 Å². The summed E-state index contributed by atoms with van der Waals surface area (Å²) in [6.45, 7) is 4.57. The third-order valence-corrected chi connectivity index (χ3v) is 7.84. The van der Waals surface area contributed by atoms with Gasteiger partial charge in [0.2, 0.25) is 0 Å². The van der Waals surface area contributed by atoms with Gasteiger partial charge in [-0.25, -0.2) is 4.79 Å². The number of allylic oxidation sites excluding steroid dienone is 3. The zero-order valence-electron chi connectivity index (χ0n) is 21.9. The van der Waals surface area contributed by atoms with Crippen LogP contribution in [0.15, 0.2) is 77.1 Å². The van der Waals surface area contributed by atoms with Crippen molar-refractivity contribution in [2.75, 3.05) is 6.61 Å². The molecule has 0 aromatic heterocycles. The molecule has 5 nitrogen and oxygen atoms in total. The molecule has 2 atom stereocenters. The quantitative estimate of drug-likeness (QED) is 0.429. The number of ether oxygens (including phenoxy) is 2. The standard InChI is InChI=1S/C32H37NO4/c1-3-18-36-28-17-11-10-16-25(28)30-29(32(35)37-24-14-8-5-9-15-24)21(2)33-26-19-23(20-27(34)31(26)30)22-12-6-4-7-13-22/h4,6-7,10-13,16-17,23-24,30,33H,3,5,8-9,14-15,18-20H2,1-2H3/t23-,30-/m0/s1. The Morgan fingerprint density at radius 3 is 2.46 bits per heavy atom. The predicted octanol–water partition coefficient (Wildman–Crippen LogP) is 6.71. The van der Waals surface area contributed by atoms with Crippen LogP contribution in [0.5, 0.6) is 5.75 Å². The molecule has 0 bridgehead atoms. The molecule has 1 saturated carbocycles. The molecule has 2 aromatic rings. The van der Waals surface area contributed by atoms with Crippen molar-refractivity contribution >= 4 is 11.8 Å². The first-order valence-corrected chi connectivity index (χ1v) is 13.8. The number of carbonyl (C=O) groups excluding carboxylic acids is 2. The molecule has 3 aliphatic rings. The molecule has 5 rings (SSSR count). The lowest BCUT2D eigenvalue weighted by molar-refractivity contribution is -0.146. The van der Waals surface area contributed by atoms with E-state index in [1.54, 1.807) is 0 Å². The normalized spacial score (nSPS) is 22.4. The number of carbonyl (C=O) groups is 2. The molecule has 0 saturated heterocycles. The second-order valence-electron chi connectivity index (χ2n) is 10.5. The van der Waals surface area contributed by atoms with Crippen LogP contribution in [0.3, 0.4) is 0 Å². The highest BCUT2D eigenvalue weighted by atomic mass is 16.5. The summed E-state index contributed by atoms with van der Waals surface area (Å²) in [5, 5.41) is 3.48. The molecule has 1 fully saturated rings. The van der Waals surface area contributed by atoms with Gasteiger partial charge in [0.1, 0.15) is 11.9 Å². The molecule has 194 valence electrons. The third kappa shape index (κ3) is 5.36. The van der Waals surface area contributed by atoms with Gasteiger partial charge in [-0.05, 0) is 63.0 Å². The lowest BCUT2D eigenvalue weighted by atomic mass is 9.71. The van der Waals surface area contributed by atoms with E-state index in [0.717, 1.165) is 66.8 Å². The van der Waals surface area contributed by atoms with Gasteiger partial charge in [0.15, 0.2) is 5.78 Å². The van der Waals surface area contributed by atoms with Crippen LogP contribution in [0, 0.1) is 0 Å². The van der Waals surface area contributed by atoms with Crippen LogP contribution in [-0.2, 0) is 14.3 Å². The molecule has 1 aliphatic heterocycles. The third-order valence-electron chi connectivity index (χ3n) is 7.84. The number of dihydropyridines is 1. The second kappa shape index (κ2) is 11.4. The summed E-state index contributed by atoms with van der Waals surface area (Å²) in [6, 6.07) is 18.0. The van der Waals surface area contributed by atoms with Crippen molar-refractivity contribution in [3.63, 3.8) is 0 Å². The fraction of sp³-hybridized carbons (Fsp3) is 0.438. The van der Waals surface area contributed by atoms with E-state index in [1.807, 2.05) is 49.4 Å². The number of Topliss-reactive ketones (excluding diaryl/α,β-unsaturated/α-hetero) is 1. The van der Waals surface area contributed by atoms with Crippen LogP contribution >= 0.6 is 0 Å². The number of esters is 1. The van der Waals surface area contributed by atoms with E-state index in [9.17, 15) is 9.59 Å². The summed E-state index contributed by atoms with van der Waals surface area (Å²) in [5.74, 6) is 0.0716. The van der Waals surface area contributed by atoms with E-state index in [0.29, 0.717) is 24.2 Å². The van der Waals surface area contributed by atoms with Crippen LogP contribution in [0.1, 0.15) is 88.2 Å². The van der Waals surface area contributed by atoms with Crippen molar-refractivity contribution < 1.29 is 19.1 Å². The number of nitrogens with one attached hydrogen (secondary N) is 1. The molecule has 37 heavy (non-hydrogen) atoms. The fourth-order valence-electron chi connectivity index (χ4n) is 6.04. The van der Waals surface area contributed by atoms with E-state index in [4.69, 9.17) is 9.47 Å². The molecule has 0 unspecified atom stereocenters. The molecule has 0 spiro atoms. The monoisotopic (exact) mass is 499 g/mol. The van der Waals surface area contributed by atoms with Gasteiger partial charge in [-0.2, -0.15) is 0 Å². The average molecular weight is 500 g/mol.